The molecule has 0 spiro atoms. The number of halogens is 1. The van der Waals surface area contributed by atoms with E-state index in [1.807, 2.05) is 24.0 Å². The van der Waals surface area contributed by atoms with Crippen molar-refractivity contribution < 1.29 is 9.53 Å². The SMILES string of the molecule is CCN(C(=O)c1cc(OC)ccc1Br)C1CCNCC1. The molecule has 0 unspecified atom stereocenters. The lowest BCUT2D eigenvalue weighted by Gasteiger charge is -2.34. The number of hydrogen-bond acceptors (Lipinski definition) is 3. The Morgan fingerprint density at radius 2 is 2.15 bits per heavy atom. The predicted octanol–water partition coefficient (Wildman–Crippen LogP) is 2.67. The average Bonchev–Trinajstić information content (AvgIpc) is 2.49. The highest BCUT2D eigenvalue weighted by Gasteiger charge is 2.26. The molecule has 1 fully saturated rings. The summed E-state index contributed by atoms with van der Waals surface area (Å²) in [6, 6.07) is 5.84. The molecule has 1 saturated heterocycles. The molecule has 20 heavy (non-hydrogen) atoms. The molecule has 0 aliphatic carbocycles. The number of nitrogens with zero attached hydrogens (tertiary/aromatic N) is 1. The van der Waals surface area contributed by atoms with Crippen LogP contribution in [0.1, 0.15) is 30.1 Å². The van der Waals surface area contributed by atoms with Crippen LogP contribution in [0.3, 0.4) is 0 Å². The lowest BCUT2D eigenvalue weighted by atomic mass is 10.0. The third-order valence-corrected chi connectivity index (χ3v) is 4.45. The van der Waals surface area contributed by atoms with E-state index in [2.05, 4.69) is 21.2 Å². The van der Waals surface area contributed by atoms with Crippen LogP contribution in [0.4, 0.5) is 0 Å². The zero-order valence-electron chi connectivity index (χ0n) is 12.0. The number of ether oxygens (including phenoxy) is 1. The van der Waals surface area contributed by atoms with Gasteiger partial charge in [-0.15, -0.1) is 0 Å². The second-order valence-electron chi connectivity index (χ2n) is 4.92. The molecule has 1 amide bonds. The minimum Gasteiger partial charge on any atom is -0.497 e. The van der Waals surface area contributed by atoms with Crippen molar-refractivity contribution in [1.82, 2.24) is 10.2 Å². The maximum atomic E-state index is 12.8. The summed E-state index contributed by atoms with van der Waals surface area (Å²) in [6.45, 7) is 4.72. The Labute approximate surface area is 128 Å². The van der Waals surface area contributed by atoms with Gasteiger partial charge < -0.3 is 15.0 Å². The quantitative estimate of drug-likeness (QED) is 0.916. The van der Waals surface area contributed by atoms with Crippen molar-refractivity contribution in [2.75, 3.05) is 26.7 Å². The van der Waals surface area contributed by atoms with E-state index in [0.29, 0.717) is 17.4 Å². The summed E-state index contributed by atoms with van der Waals surface area (Å²) >= 11 is 3.47. The van der Waals surface area contributed by atoms with Crippen LogP contribution in [0.15, 0.2) is 22.7 Å². The van der Waals surface area contributed by atoms with Gasteiger partial charge in [0, 0.05) is 17.1 Å². The summed E-state index contributed by atoms with van der Waals surface area (Å²) in [5.41, 5.74) is 0.671. The maximum absolute atomic E-state index is 12.8. The van der Waals surface area contributed by atoms with E-state index in [0.717, 1.165) is 36.9 Å². The Balaban J connectivity index is 2.23. The first-order valence-electron chi connectivity index (χ1n) is 7.02. The summed E-state index contributed by atoms with van der Waals surface area (Å²) in [4.78, 5) is 14.8. The molecule has 1 aromatic rings. The Bertz CT molecular complexity index is 473. The van der Waals surface area contributed by atoms with E-state index in [-0.39, 0.29) is 5.91 Å². The molecule has 0 saturated carbocycles. The molecule has 1 aliphatic heterocycles. The van der Waals surface area contributed by atoms with Gasteiger partial charge in [-0.25, -0.2) is 0 Å². The number of carbonyl (C=O) groups is 1. The number of nitrogens with one attached hydrogen (secondary N) is 1. The highest BCUT2D eigenvalue weighted by atomic mass is 79.9. The molecule has 1 aromatic carbocycles. The van der Waals surface area contributed by atoms with Gasteiger partial charge in [0.15, 0.2) is 0 Å². The van der Waals surface area contributed by atoms with E-state index in [4.69, 9.17) is 4.74 Å². The molecule has 110 valence electrons. The highest BCUT2D eigenvalue weighted by Crippen LogP contribution is 2.25. The Kier molecular flexibility index (Phi) is 5.43. The highest BCUT2D eigenvalue weighted by molar-refractivity contribution is 9.10. The zero-order chi connectivity index (χ0) is 14.5. The van der Waals surface area contributed by atoms with Crippen molar-refractivity contribution >= 4 is 21.8 Å². The van der Waals surface area contributed by atoms with E-state index in [1.165, 1.54) is 0 Å². The number of piperidine rings is 1. The van der Waals surface area contributed by atoms with Crippen LogP contribution in [0.5, 0.6) is 5.75 Å². The van der Waals surface area contributed by atoms with E-state index >= 15 is 0 Å². The Hall–Kier alpha value is -1.07. The third kappa shape index (κ3) is 3.33. The molecule has 1 aliphatic rings. The summed E-state index contributed by atoms with van der Waals surface area (Å²) < 4.78 is 6.03. The largest absolute Gasteiger partial charge is 0.497 e. The normalized spacial score (nSPS) is 15.9. The molecule has 0 radical (unpaired) electrons. The van der Waals surface area contributed by atoms with Crippen LogP contribution in [0, 0.1) is 0 Å². The van der Waals surface area contributed by atoms with Gasteiger partial charge >= 0.3 is 0 Å². The van der Waals surface area contributed by atoms with Gasteiger partial charge in [0.05, 0.1) is 12.7 Å². The number of amides is 1. The summed E-state index contributed by atoms with van der Waals surface area (Å²) in [5, 5.41) is 3.33. The monoisotopic (exact) mass is 340 g/mol. The van der Waals surface area contributed by atoms with Crippen LogP contribution in [-0.2, 0) is 0 Å². The molecule has 1 heterocycles. The van der Waals surface area contributed by atoms with Gasteiger partial charge in [-0.3, -0.25) is 4.79 Å². The maximum Gasteiger partial charge on any atom is 0.255 e. The lowest BCUT2D eigenvalue weighted by molar-refractivity contribution is 0.0655. The minimum atomic E-state index is 0.0742. The predicted molar refractivity (Wildman–Crippen MR) is 83.3 cm³/mol. The van der Waals surface area contributed by atoms with E-state index in [1.54, 1.807) is 13.2 Å². The molecular formula is C15H21BrN2O2. The number of hydrogen-bond donors (Lipinski definition) is 1. The van der Waals surface area contributed by atoms with Gasteiger partial charge in [0.2, 0.25) is 0 Å². The first-order valence-corrected chi connectivity index (χ1v) is 7.82. The van der Waals surface area contributed by atoms with Crippen molar-refractivity contribution in [2.45, 2.75) is 25.8 Å². The summed E-state index contributed by atoms with van der Waals surface area (Å²) in [5.74, 6) is 0.781. The minimum absolute atomic E-state index is 0.0742. The first kappa shape index (κ1) is 15.3. The van der Waals surface area contributed by atoms with Crippen molar-refractivity contribution in [3.05, 3.63) is 28.2 Å². The van der Waals surface area contributed by atoms with Gasteiger partial charge in [0.1, 0.15) is 5.75 Å². The number of benzene rings is 1. The van der Waals surface area contributed by atoms with Crippen molar-refractivity contribution in [3.63, 3.8) is 0 Å². The first-order chi connectivity index (χ1) is 9.67. The lowest BCUT2D eigenvalue weighted by Crippen LogP contribution is -2.46. The van der Waals surface area contributed by atoms with Crippen molar-refractivity contribution in [3.8, 4) is 5.75 Å². The Morgan fingerprint density at radius 3 is 2.75 bits per heavy atom. The smallest absolute Gasteiger partial charge is 0.255 e. The molecule has 0 aromatic heterocycles. The summed E-state index contributed by atoms with van der Waals surface area (Å²) in [6.07, 6.45) is 2.03. The van der Waals surface area contributed by atoms with Crippen LogP contribution in [0.2, 0.25) is 0 Å². The molecular weight excluding hydrogens is 320 g/mol. The third-order valence-electron chi connectivity index (χ3n) is 3.75. The van der Waals surface area contributed by atoms with Gasteiger partial charge in [-0.2, -0.15) is 0 Å². The fourth-order valence-corrected chi connectivity index (χ4v) is 3.05. The summed E-state index contributed by atoms with van der Waals surface area (Å²) in [7, 11) is 1.61. The number of rotatable bonds is 4. The standard InChI is InChI=1S/C15H21BrN2O2/c1-3-18(11-6-8-17-9-7-11)15(19)13-10-12(20-2)4-5-14(13)16/h4-5,10-11,17H,3,6-9H2,1-2H3. The molecule has 4 nitrogen and oxygen atoms in total. The fraction of sp³-hybridized carbons (Fsp3) is 0.533. The molecule has 0 atom stereocenters. The van der Waals surface area contributed by atoms with Crippen molar-refractivity contribution in [1.29, 1.82) is 0 Å². The second-order valence-corrected chi connectivity index (χ2v) is 5.77. The van der Waals surface area contributed by atoms with E-state index in [9.17, 15) is 4.79 Å². The molecule has 0 bridgehead atoms. The van der Waals surface area contributed by atoms with Crippen molar-refractivity contribution in [2.24, 2.45) is 0 Å². The van der Waals surface area contributed by atoms with Crippen LogP contribution in [-0.4, -0.2) is 43.6 Å². The average molecular weight is 341 g/mol. The van der Waals surface area contributed by atoms with Gasteiger partial charge in [-0.05, 0) is 67.0 Å². The van der Waals surface area contributed by atoms with Crippen LogP contribution in [0.25, 0.3) is 0 Å². The number of methoxy groups -OCH3 is 1. The zero-order valence-corrected chi connectivity index (χ0v) is 13.6. The Morgan fingerprint density at radius 1 is 1.45 bits per heavy atom. The molecule has 1 N–H and O–H groups in total. The van der Waals surface area contributed by atoms with Crippen LogP contribution >= 0.6 is 15.9 Å². The van der Waals surface area contributed by atoms with Crippen LogP contribution < -0.4 is 10.1 Å². The topological polar surface area (TPSA) is 41.6 Å². The molecule has 2 rings (SSSR count). The van der Waals surface area contributed by atoms with Gasteiger partial charge in [-0.1, -0.05) is 0 Å². The fourth-order valence-electron chi connectivity index (χ4n) is 2.64. The second kappa shape index (κ2) is 7.09. The van der Waals surface area contributed by atoms with Gasteiger partial charge in [0.25, 0.3) is 5.91 Å². The number of carbonyl (C=O) groups excluding carboxylic acids is 1. The molecule has 5 heteroatoms. The van der Waals surface area contributed by atoms with E-state index < -0.39 is 0 Å².